The van der Waals surface area contributed by atoms with Crippen molar-refractivity contribution in [3.8, 4) is 0 Å². The van der Waals surface area contributed by atoms with Crippen LogP contribution in [0.1, 0.15) is 25.6 Å². The number of nitrogens with zero attached hydrogens (tertiary/aromatic N) is 2. The second kappa shape index (κ2) is 6.27. The maximum absolute atomic E-state index is 12.8. The second-order valence-electron chi connectivity index (χ2n) is 4.95. The molecule has 11 heteroatoms. The first-order valence-corrected chi connectivity index (χ1v) is 7.22. The lowest BCUT2D eigenvalue weighted by molar-refractivity contribution is -0.375. The number of hydrogen-bond donors (Lipinski definition) is 1. The van der Waals surface area contributed by atoms with Gasteiger partial charge in [-0.3, -0.25) is 9.69 Å². The minimum absolute atomic E-state index is 0.0143. The van der Waals surface area contributed by atoms with Crippen LogP contribution in [0.3, 0.4) is 0 Å². The molecule has 1 aromatic rings. The molecule has 1 heterocycles. The fourth-order valence-corrected chi connectivity index (χ4v) is 2.81. The normalized spacial score (nSPS) is 13.5. The van der Waals surface area contributed by atoms with E-state index in [0.717, 1.165) is 4.90 Å². The molecule has 0 fully saturated rings. The Hall–Kier alpha value is -1.36. The highest BCUT2D eigenvalue weighted by Crippen LogP contribution is 2.52. The predicted molar refractivity (Wildman–Crippen MR) is 71.0 cm³/mol. The zero-order valence-corrected chi connectivity index (χ0v) is 13.1. The van der Waals surface area contributed by atoms with Gasteiger partial charge < -0.3 is 5.11 Å². The molecule has 1 rings (SSSR count). The van der Waals surface area contributed by atoms with Gasteiger partial charge in [0.05, 0.1) is 4.88 Å². The fourth-order valence-electron chi connectivity index (χ4n) is 1.69. The first-order chi connectivity index (χ1) is 10.3. The summed E-state index contributed by atoms with van der Waals surface area (Å²) in [6, 6.07) is 0. The van der Waals surface area contributed by atoms with Gasteiger partial charge in [0.2, 0.25) is 5.91 Å². The van der Waals surface area contributed by atoms with Gasteiger partial charge in [0.15, 0.2) is 5.13 Å². The van der Waals surface area contributed by atoms with Gasteiger partial charge in [-0.15, -0.1) is 0 Å². The van der Waals surface area contributed by atoms with Crippen molar-refractivity contribution in [1.82, 2.24) is 4.98 Å². The van der Waals surface area contributed by atoms with Gasteiger partial charge in [-0.2, -0.15) is 26.3 Å². The van der Waals surface area contributed by atoms with E-state index in [4.69, 9.17) is 0 Å². The number of halogens is 6. The topological polar surface area (TPSA) is 53.4 Å². The summed E-state index contributed by atoms with van der Waals surface area (Å²) < 4.78 is 76.8. The van der Waals surface area contributed by atoms with Crippen LogP contribution < -0.4 is 4.90 Å². The van der Waals surface area contributed by atoms with Gasteiger partial charge >= 0.3 is 12.4 Å². The number of aromatic nitrogens is 1. The Morgan fingerprint density at radius 1 is 1.26 bits per heavy atom. The lowest BCUT2D eigenvalue weighted by Gasteiger charge is -2.30. The van der Waals surface area contributed by atoms with Crippen LogP contribution in [-0.2, 0) is 10.4 Å². The summed E-state index contributed by atoms with van der Waals surface area (Å²) in [5, 5.41) is 8.95. The highest BCUT2D eigenvalue weighted by molar-refractivity contribution is 7.15. The van der Waals surface area contributed by atoms with E-state index < -0.39 is 34.7 Å². The van der Waals surface area contributed by atoms with Gasteiger partial charge in [-0.25, -0.2) is 4.98 Å². The minimum Gasteiger partial charge on any atom is -0.369 e. The minimum atomic E-state index is -5.98. The van der Waals surface area contributed by atoms with Crippen LogP contribution in [0.25, 0.3) is 0 Å². The summed E-state index contributed by atoms with van der Waals surface area (Å²) >= 11 is -0.0240. The fraction of sp³-hybridized carbons (Fsp3) is 0.667. The van der Waals surface area contributed by atoms with E-state index in [9.17, 15) is 36.2 Å². The van der Waals surface area contributed by atoms with E-state index in [2.05, 4.69) is 4.98 Å². The number of rotatable bonds is 4. The molecule has 0 radical (unpaired) electrons. The monoisotopic (exact) mass is 364 g/mol. The third-order valence-corrected chi connectivity index (χ3v) is 4.11. The van der Waals surface area contributed by atoms with E-state index >= 15 is 0 Å². The molecule has 1 amide bonds. The number of carbonyl (C=O) groups is 1. The largest absolute Gasteiger partial charge is 0.431 e. The Labute approximate surface area is 131 Å². The van der Waals surface area contributed by atoms with Crippen LogP contribution in [-0.4, -0.2) is 34.9 Å². The maximum atomic E-state index is 12.8. The molecule has 0 spiro atoms. The summed E-state index contributed by atoms with van der Waals surface area (Å²) in [5.74, 6) is -1.03. The molecule has 0 bridgehead atoms. The first-order valence-electron chi connectivity index (χ1n) is 6.40. The van der Waals surface area contributed by atoms with Crippen molar-refractivity contribution in [1.29, 1.82) is 0 Å². The molecule has 132 valence electrons. The molecule has 4 nitrogen and oxygen atoms in total. The number of hydrogen-bond acceptors (Lipinski definition) is 4. The van der Waals surface area contributed by atoms with Crippen molar-refractivity contribution in [2.24, 2.45) is 5.92 Å². The summed E-state index contributed by atoms with van der Waals surface area (Å²) in [5.41, 5.74) is -5.03. The van der Waals surface area contributed by atoms with E-state index in [0.29, 0.717) is 0 Å². The average molecular weight is 364 g/mol. The molecule has 0 saturated carbocycles. The van der Waals surface area contributed by atoms with E-state index in [1.807, 2.05) is 0 Å². The van der Waals surface area contributed by atoms with E-state index in [1.54, 1.807) is 0 Å². The number of aliphatic hydroxyl groups is 1. The highest BCUT2D eigenvalue weighted by Gasteiger charge is 2.72. The van der Waals surface area contributed by atoms with Gasteiger partial charge in [0.25, 0.3) is 5.60 Å². The zero-order chi connectivity index (χ0) is 18.2. The molecule has 0 saturated heterocycles. The molecule has 0 unspecified atom stereocenters. The Morgan fingerprint density at radius 3 is 2.09 bits per heavy atom. The van der Waals surface area contributed by atoms with Crippen molar-refractivity contribution >= 4 is 22.4 Å². The third kappa shape index (κ3) is 3.44. The summed E-state index contributed by atoms with van der Waals surface area (Å²) in [6.07, 6.45) is -11.7. The molecule has 0 aliphatic carbocycles. The molecule has 0 aliphatic heterocycles. The Kier molecular flexibility index (Phi) is 5.36. The summed E-state index contributed by atoms with van der Waals surface area (Å²) in [7, 11) is 0. The van der Waals surface area contributed by atoms with E-state index in [-0.39, 0.29) is 29.2 Å². The maximum Gasteiger partial charge on any atom is 0.431 e. The highest BCUT2D eigenvalue weighted by atomic mass is 32.1. The molecular formula is C12H14F6N2O2S. The Morgan fingerprint density at radius 2 is 1.74 bits per heavy atom. The van der Waals surface area contributed by atoms with Crippen molar-refractivity contribution in [2.45, 2.75) is 38.7 Å². The van der Waals surface area contributed by atoms with Gasteiger partial charge in [-0.1, -0.05) is 25.2 Å². The number of thiazole rings is 1. The van der Waals surface area contributed by atoms with Crippen molar-refractivity contribution in [3.05, 3.63) is 11.1 Å². The van der Waals surface area contributed by atoms with Crippen LogP contribution in [0.5, 0.6) is 0 Å². The smallest absolute Gasteiger partial charge is 0.369 e. The molecule has 0 aromatic carbocycles. The van der Waals surface area contributed by atoms with Crippen LogP contribution in [0.15, 0.2) is 6.20 Å². The van der Waals surface area contributed by atoms with Gasteiger partial charge in [0, 0.05) is 18.7 Å². The molecule has 0 aliphatic rings. The average Bonchev–Trinajstić information content (AvgIpc) is 2.85. The van der Waals surface area contributed by atoms with E-state index in [1.165, 1.54) is 20.8 Å². The molecule has 0 atom stereocenters. The number of carbonyl (C=O) groups excluding carboxylic acids is 1. The molecular weight excluding hydrogens is 350 g/mol. The van der Waals surface area contributed by atoms with Crippen LogP contribution >= 0.6 is 11.3 Å². The van der Waals surface area contributed by atoms with Crippen molar-refractivity contribution < 1.29 is 36.2 Å². The molecule has 1 aromatic heterocycles. The van der Waals surface area contributed by atoms with Crippen molar-refractivity contribution in [3.63, 3.8) is 0 Å². The summed E-state index contributed by atoms with van der Waals surface area (Å²) in [6.45, 7) is 4.57. The first kappa shape index (κ1) is 19.7. The lowest BCUT2D eigenvalue weighted by Crippen LogP contribution is -2.53. The zero-order valence-electron chi connectivity index (χ0n) is 12.3. The molecule has 1 N–H and O–H groups in total. The van der Waals surface area contributed by atoms with Crippen LogP contribution in [0, 0.1) is 5.92 Å². The van der Waals surface area contributed by atoms with Crippen LogP contribution in [0.4, 0.5) is 31.5 Å². The standard InChI is InChI=1S/C12H14F6N2O2S/c1-4-20(8(21)6(2)3)9-19-5-7(23-9)10(22,11(13,14)15)12(16,17)18/h5-6,22H,4H2,1-3H3. The predicted octanol–water partition coefficient (Wildman–Crippen LogP) is 3.46. The number of amides is 1. The Balaban J connectivity index is 3.37. The number of anilines is 1. The number of alkyl halides is 6. The molecule has 23 heavy (non-hydrogen) atoms. The Bertz CT molecular complexity index is 553. The van der Waals surface area contributed by atoms with Crippen molar-refractivity contribution in [2.75, 3.05) is 11.4 Å². The summed E-state index contributed by atoms with van der Waals surface area (Å²) in [4.78, 5) is 14.9. The SMILES string of the molecule is CCN(C(=O)C(C)C)c1ncc(C(O)(C(F)(F)F)C(F)(F)F)s1. The van der Waals surface area contributed by atoms with Crippen LogP contribution in [0.2, 0.25) is 0 Å². The van der Waals surface area contributed by atoms with Gasteiger partial charge in [-0.05, 0) is 6.92 Å². The quantitative estimate of drug-likeness (QED) is 0.833. The lowest BCUT2D eigenvalue weighted by atomic mass is 10.0. The second-order valence-corrected chi connectivity index (χ2v) is 5.96. The van der Waals surface area contributed by atoms with Gasteiger partial charge in [0.1, 0.15) is 0 Å². The third-order valence-electron chi connectivity index (χ3n) is 2.98.